The number of aliphatic hydroxyl groups excluding tert-OH is 1. The molecule has 0 fully saturated rings. The molecule has 0 atom stereocenters. The van der Waals surface area contributed by atoms with Crippen LogP contribution < -0.4 is 5.32 Å². The van der Waals surface area contributed by atoms with Gasteiger partial charge in [-0.05, 0) is 35.0 Å². The molecule has 2 N–H and O–H groups in total. The molecule has 4 nitrogen and oxygen atoms in total. The van der Waals surface area contributed by atoms with Crippen LogP contribution in [0.1, 0.15) is 0 Å². The maximum atomic E-state index is 9.05. The Morgan fingerprint density at radius 2 is 1.79 bits per heavy atom. The maximum Gasteiger partial charge on any atom is 0.223 e. The molecule has 0 aliphatic rings. The van der Waals surface area contributed by atoms with Crippen molar-refractivity contribution in [2.24, 2.45) is 0 Å². The van der Waals surface area contributed by atoms with Crippen LogP contribution in [0, 0.1) is 0 Å². The monoisotopic (exact) mass is 353 g/mol. The summed E-state index contributed by atoms with van der Waals surface area (Å²) in [5.41, 5.74) is 1.79. The first-order valence-corrected chi connectivity index (χ1v) is 9.30. The highest BCUT2D eigenvalue weighted by Crippen LogP contribution is 2.35. The predicted molar refractivity (Wildman–Crippen MR) is 102 cm³/mol. The third-order valence-electron chi connectivity index (χ3n) is 3.57. The average molecular weight is 353 g/mol. The van der Waals surface area contributed by atoms with Gasteiger partial charge in [-0.2, -0.15) is 0 Å². The smallest absolute Gasteiger partial charge is 0.223 e. The largest absolute Gasteiger partial charge is 0.395 e. The lowest BCUT2D eigenvalue weighted by Gasteiger charge is -2.07. The van der Waals surface area contributed by atoms with Crippen molar-refractivity contribution < 1.29 is 5.11 Å². The van der Waals surface area contributed by atoms with Crippen molar-refractivity contribution in [3.63, 3.8) is 0 Å². The molecule has 1 aromatic carbocycles. The lowest BCUT2D eigenvalue weighted by atomic mass is 10.2. The Kier molecular flexibility index (Phi) is 4.25. The van der Waals surface area contributed by atoms with Crippen LogP contribution in [0.2, 0.25) is 0 Å². The molecule has 0 saturated heterocycles. The van der Waals surface area contributed by atoms with Gasteiger partial charge in [0.1, 0.15) is 0 Å². The molecular weight excluding hydrogens is 338 g/mol. The number of nitrogens with zero attached hydrogens (tertiary/aromatic N) is 2. The summed E-state index contributed by atoms with van der Waals surface area (Å²) >= 11 is 3.38. The minimum atomic E-state index is 0.0464. The van der Waals surface area contributed by atoms with E-state index in [1.165, 1.54) is 10.1 Å². The summed E-state index contributed by atoms with van der Waals surface area (Å²) in [4.78, 5) is 11.4. The fraction of sp³-hybridized carbons (Fsp3) is 0.111. The number of hydrogen-bond donors (Lipinski definition) is 2. The Morgan fingerprint density at radius 1 is 0.958 bits per heavy atom. The summed E-state index contributed by atoms with van der Waals surface area (Å²) in [6, 6.07) is 16.6. The van der Waals surface area contributed by atoms with E-state index >= 15 is 0 Å². The van der Waals surface area contributed by atoms with Gasteiger partial charge < -0.3 is 10.4 Å². The predicted octanol–water partition coefficient (Wildman–Crippen LogP) is 4.49. The van der Waals surface area contributed by atoms with E-state index in [2.05, 4.69) is 39.6 Å². The Labute approximate surface area is 147 Å². The van der Waals surface area contributed by atoms with Crippen LogP contribution in [0.25, 0.3) is 31.2 Å². The molecule has 3 aromatic heterocycles. The number of thiophene rings is 2. The first kappa shape index (κ1) is 15.3. The SMILES string of the molecule is OCCNc1nc(-c2cccs2)cc(-c2cc3ccccc3s2)n1. The van der Waals surface area contributed by atoms with E-state index in [1.54, 1.807) is 22.7 Å². The van der Waals surface area contributed by atoms with Crippen LogP contribution in [-0.2, 0) is 0 Å². The van der Waals surface area contributed by atoms with Crippen molar-refractivity contribution >= 4 is 38.7 Å². The van der Waals surface area contributed by atoms with Crippen LogP contribution in [0.3, 0.4) is 0 Å². The zero-order valence-electron chi connectivity index (χ0n) is 12.8. The number of benzene rings is 1. The fourth-order valence-corrected chi connectivity index (χ4v) is 4.19. The van der Waals surface area contributed by atoms with Gasteiger partial charge in [-0.1, -0.05) is 24.3 Å². The first-order valence-electron chi connectivity index (χ1n) is 7.60. The molecule has 6 heteroatoms. The highest BCUT2D eigenvalue weighted by Gasteiger charge is 2.11. The maximum absolute atomic E-state index is 9.05. The van der Waals surface area contributed by atoms with Gasteiger partial charge in [0.15, 0.2) is 0 Å². The second kappa shape index (κ2) is 6.68. The zero-order valence-corrected chi connectivity index (χ0v) is 14.4. The lowest BCUT2D eigenvalue weighted by molar-refractivity contribution is 0.311. The molecule has 0 spiro atoms. The molecule has 0 saturated carbocycles. The van der Waals surface area contributed by atoms with Crippen LogP contribution in [0.5, 0.6) is 0 Å². The number of aliphatic hydroxyl groups is 1. The highest BCUT2D eigenvalue weighted by atomic mass is 32.1. The van der Waals surface area contributed by atoms with Crippen molar-refractivity contribution in [3.05, 3.63) is 53.9 Å². The number of hydrogen-bond acceptors (Lipinski definition) is 6. The van der Waals surface area contributed by atoms with Gasteiger partial charge in [-0.25, -0.2) is 9.97 Å². The molecular formula is C18H15N3OS2. The van der Waals surface area contributed by atoms with Crippen molar-refractivity contribution in [1.29, 1.82) is 0 Å². The number of rotatable bonds is 5. The standard InChI is InChI=1S/C18H15N3OS2/c22-8-7-19-18-20-13(16-6-3-9-23-16)11-14(21-18)17-10-12-4-1-2-5-15(12)24-17/h1-6,9-11,22H,7-8H2,(H,19,20,21). The molecule has 4 rings (SSSR count). The first-order chi connectivity index (χ1) is 11.8. The summed E-state index contributed by atoms with van der Waals surface area (Å²) in [6.07, 6.45) is 0. The van der Waals surface area contributed by atoms with Gasteiger partial charge in [-0.3, -0.25) is 0 Å². The quantitative estimate of drug-likeness (QED) is 0.555. The highest BCUT2D eigenvalue weighted by molar-refractivity contribution is 7.22. The molecule has 4 aromatic rings. The molecule has 0 aliphatic heterocycles. The lowest BCUT2D eigenvalue weighted by Crippen LogP contribution is -2.09. The van der Waals surface area contributed by atoms with Gasteiger partial charge in [-0.15, -0.1) is 22.7 Å². The molecule has 3 heterocycles. The van der Waals surface area contributed by atoms with E-state index in [1.807, 2.05) is 29.6 Å². The third-order valence-corrected chi connectivity index (χ3v) is 5.60. The zero-order chi connectivity index (χ0) is 16.4. The molecule has 0 aliphatic carbocycles. The summed E-state index contributed by atoms with van der Waals surface area (Å²) in [5, 5.41) is 15.4. The average Bonchev–Trinajstić information content (AvgIpc) is 3.29. The molecule has 24 heavy (non-hydrogen) atoms. The second-order valence-electron chi connectivity index (χ2n) is 5.24. The second-order valence-corrected chi connectivity index (χ2v) is 7.27. The van der Waals surface area contributed by atoms with Crippen LogP contribution in [0.4, 0.5) is 5.95 Å². The van der Waals surface area contributed by atoms with Gasteiger partial charge in [0, 0.05) is 11.2 Å². The fourth-order valence-electron chi connectivity index (χ4n) is 2.48. The van der Waals surface area contributed by atoms with E-state index in [0.29, 0.717) is 12.5 Å². The number of aromatic nitrogens is 2. The van der Waals surface area contributed by atoms with Crippen molar-refractivity contribution in [2.75, 3.05) is 18.5 Å². The topological polar surface area (TPSA) is 58.0 Å². The summed E-state index contributed by atoms with van der Waals surface area (Å²) in [6.45, 7) is 0.477. The van der Waals surface area contributed by atoms with E-state index in [-0.39, 0.29) is 6.61 Å². The van der Waals surface area contributed by atoms with Crippen LogP contribution in [0.15, 0.2) is 53.9 Å². The van der Waals surface area contributed by atoms with E-state index < -0.39 is 0 Å². The van der Waals surface area contributed by atoms with Crippen LogP contribution >= 0.6 is 22.7 Å². The molecule has 120 valence electrons. The molecule has 0 unspecified atom stereocenters. The van der Waals surface area contributed by atoms with Gasteiger partial charge in [0.2, 0.25) is 5.95 Å². The van der Waals surface area contributed by atoms with Crippen molar-refractivity contribution in [3.8, 4) is 21.1 Å². The number of fused-ring (bicyclic) bond motifs is 1. The minimum Gasteiger partial charge on any atom is -0.395 e. The third kappa shape index (κ3) is 3.03. The van der Waals surface area contributed by atoms with Gasteiger partial charge >= 0.3 is 0 Å². The van der Waals surface area contributed by atoms with Crippen LogP contribution in [-0.4, -0.2) is 28.2 Å². The van der Waals surface area contributed by atoms with E-state index in [4.69, 9.17) is 5.11 Å². The molecule has 0 bridgehead atoms. The molecule has 0 amide bonds. The Morgan fingerprint density at radius 3 is 2.54 bits per heavy atom. The van der Waals surface area contributed by atoms with Crippen molar-refractivity contribution in [1.82, 2.24) is 9.97 Å². The van der Waals surface area contributed by atoms with E-state index in [0.717, 1.165) is 21.1 Å². The Hall–Kier alpha value is -2.28. The normalized spacial score (nSPS) is 11.0. The Bertz CT molecular complexity index is 930. The number of nitrogens with one attached hydrogen (secondary N) is 1. The summed E-state index contributed by atoms with van der Waals surface area (Å²) < 4.78 is 1.24. The minimum absolute atomic E-state index is 0.0464. The summed E-state index contributed by atoms with van der Waals surface area (Å²) in [7, 11) is 0. The van der Waals surface area contributed by atoms with E-state index in [9.17, 15) is 0 Å². The molecule has 0 radical (unpaired) electrons. The van der Waals surface area contributed by atoms with Gasteiger partial charge in [0.25, 0.3) is 0 Å². The van der Waals surface area contributed by atoms with Crippen molar-refractivity contribution in [2.45, 2.75) is 0 Å². The Balaban J connectivity index is 1.82. The number of anilines is 1. The van der Waals surface area contributed by atoms with Gasteiger partial charge in [0.05, 0.1) is 27.7 Å². The summed E-state index contributed by atoms with van der Waals surface area (Å²) in [5.74, 6) is 0.544.